The summed E-state index contributed by atoms with van der Waals surface area (Å²) in [6.07, 6.45) is 1.80. The molecular weight excluding hydrogens is 408 g/mol. The minimum absolute atomic E-state index is 0.0146. The van der Waals surface area contributed by atoms with Crippen LogP contribution in [-0.2, 0) is 0 Å². The minimum atomic E-state index is -0.0251. The van der Waals surface area contributed by atoms with Crippen molar-refractivity contribution >= 4 is 0 Å². The van der Waals surface area contributed by atoms with Gasteiger partial charge in [-0.2, -0.15) is 0 Å². The van der Waals surface area contributed by atoms with Crippen molar-refractivity contribution in [2.24, 2.45) is 0 Å². The Morgan fingerprint density at radius 3 is 2.19 bits per heavy atom. The van der Waals surface area contributed by atoms with Crippen LogP contribution < -0.4 is 18.9 Å². The first-order chi connectivity index (χ1) is 15.5. The topological polar surface area (TPSA) is 77.4 Å². The van der Waals surface area contributed by atoms with Crippen LogP contribution in [0.15, 0.2) is 66.2 Å². The number of aliphatic hydroxyl groups is 1. The van der Waals surface area contributed by atoms with Crippen molar-refractivity contribution in [2.45, 2.75) is 6.92 Å². The summed E-state index contributed by atoms with van der Waals surface area (Å²) in [5.74, 6) is 1.88. The quantitative estimate of drug-likeness (QED) is 0.456. The number of benzene rings is 3. The molecule has 0 saturated carbocycles. The van der Waals surface area contributed by atoms with Gasteiger partial charge >= 0.3 is 0 Å². The second-order valence-corrected chi connectivity index (χ2v) is 7.13. The van der Waals surface area contributed by atoms with E-state index >= 15 is 0 Å². The van der Waals surface area contributed by atoms with Gasteiger partial charge in [0.1, 0.15) is 12.4 Å². The molecule has 0 amide bonds. The van der Waals surface area contributed by atoms with Gasteiger partial charge in [-0.15, -0.1) is 0 Å². The largest absolute Gasteiger partial charge is 0.504 e. The van der Waals surface area contributed by atoms with E-state index in [2.05, 4.69) is 0 Å². The number of phenols is 1. The SMILES string of the molecule is COc1cc(-c2c(OC)cc(-c3ccccc3)c(OC)c2O)ccc1OC/C=C(\C)CO. The summed E-state index contributed by atoms with van der Waals surface area (Å²) in [6, 6.07) is 16.9. The predicted octanol–water partition coefficient (Wildman–Crippen LogP) is 5.07. The van der Waals surface area contributed by atoms with E-state index in [9.17, 15) is 5.11 Å². The van der Waals surface area contributed by atoms with Crippen LogP contribution in [-0.4, -0.2) is 44.8 Å². The average molecular weight is 437 g/mol. The van der Waals surface area contributed by atoms with Gasteiger partial charge in [-0.25, -0.2) is 0 Å². The van der Waals surface area contributed by atoms with Gasteiger partial charge in [0.2, 0.25) is 0 Å². The summed E-state index contributed by atoms with van der Waals surface area (Å²) < 4.78 is 22.5. The fourth-order valence-corrected chi connectivity index (χ4v) is 3.39. The molecule has 2 N–H and O–H groups in total. The van der Waals surface area contributed by atoms with E-state index in [4.69, 9.17) is 24.1 Å². The number of methoxy groups -OCH3 is 3. The van der Waals surface area contributed by atoms with Crippen LogP contribution in [0.4, 0.5) is 0 Å². The van der Waals surface area contributed by atoms with Gasteiger partial charge in [0.15, 0.2) is 23.0 Å². The second kappa shape index (κ2) is 10.6. The molecule has 0 unspecified atom stereocenters. The molecule has 0 aliphatic carbocycles. The maximum atomic E-state index is 11.2. The first-order valence-electron chi connectivity index (χ1n) is 10.1. The molecule has 3 aromatic rings. The van der Waals surface area contributed by atoms with Crippen LogP contribution in [0.5, 0.6) is 28.7 Å². The lowest BCUT2D eigenvalue weighted by molar-refractivity contribution is 0.316. The second-order valence-electron chi connectivity index (χ2n) is 7.13. The van der Waals surface area contributed by atoms with Crippen LogP contribution in [0.3, 0.4) is 0 Å². The van der Waals surface area contributed by atoms with Gasteiger partial charge in [-0.3, -0.25) is 0 Å². The lowest BCUT2D eigenvalue weighted by Gasteiger charge is -2.19. The molecule has 0 aliphatic heterocycles. The van der Waals surface area contributed by atoms with E-state index in [1.165, 1.54) is 7.11 Å². The molecule has 6 nitrogen and oxygen atoms in total. The zero-order valence-corrected chi connectivity index (χ0v) is 18.7. The highest BCUT2D eigenvalue weighted by atomic mass is 16.5. The fourth-order valence-electron chi connectivity index (χ4n) is 3.39. The summed E-state index contributed by atoms with van der Waals surface area (Å²) in [5.41, 5.74) is 3.62. The Morgan fingerprint density at radius 1 is 0.844 bits per heavy atom. The standard InChI is InChI=1S/C26H28O6/c1-17(16-27)12-13-32-21-11-10-19(14-22(21)29-2)24-23(30-3)15-20(26(31-4)25(24)28)18-8-6-5-7-9-18/h5-12,14-15,27-28H,13,16H2,1-4H3/b17-12+. The fraction of sp³-hybridized carbons (Fsp3) is 0.231. The minimum Gasteiger partial charge on any atom is -0.504 e. The van der Waals surface area contributed by atoms with Crippen molar-refractivity contribution in [1.82, 2.24) is 0 Å². The zero-order valence-electron chi connectivity index (χ0n) is 18.7. The molecule has 0 aliphatic rings. The van der Waals surface area contributed by atoms with Gasteiger partial charge in [-0.05, 0) is 47.9 Å². The van der Waals surface area contributed by atoms with Crippen LogP contribution in [0, 0.1) is 0 Å². The van der Waals surface area contributed by atoms with Crippen LogP contribution >= 0.6 is 0 Å². The van der Waals surface area contributed by atoms with E-state index in [-0.39, 0.29) is 12.4 Å². The molecule has 0 fully saturated rings. The molecule has 0 atom stereocenters. The van der Waals surface area contributed by atoms with Gasteiger partial charge in [-0.1, -0.05) is 36.4 Å². The summed E-state index contributed by atoms with van der Waals surface area (Å²) >= 11 is 0. The molecule has 0 radical (unpaired) electrons. The van der Waals surface area contributed by atoms with Gasteiger partial charge < -0.3 is 29.2 Å². The van der Waals surface area contributed by atoms with Crippen LogP contribution in [0.1, 0.15) is 6.92 Å². The normalized spacial score (nSPS) is 11.2. The number of aliphatic hydroxyl groups excluding tert-OH is 1. The van der Waals surface area contributed by atoms with E-state index in [1.807, 2.05) is 49.4 Å². The van der Waals surface area contributed by atoms with Crippen LogP contribution in [0.25, 0.3) is 22.3 Å². The molecular formula is C26H28O6. The maximum Gasteiger partial charge on any atom is 0.170 e. The monoisotopic (exact) mass is 436 g/mol. The lowest BCUT2D eigenvalue weighted by Crippen LogP contribution is -1.99. The third kappa shape index (κ3) is 4.81. The third-order valence-electron chi connectivity index (χ3n) is 5.10. The summed E-state index contributed by atoms with van der Waals surface area (Å²) in [5, 5.41) is 20.3. The zero-order chi connectivity index (χ0) is 23.1. The van der Waals surface area contributed by atoms with Crippen molar-refractivity contribution in [3.8, 4) is 51.0 Å². The maximum absolute atomic E-state index is 11.2. The number of rotatable bonds is 9. The summed E-state index contributed by atoms with van der Waals surface area (Å²) in [7, 11) is 4.64. The number of aromatic hydroxyl groups is 1. The summed E-state index contributed by atoms with van der Waals surface area (Å²) in [6.45, 7) is 2.11. The molecule has 168 valence electrons. The molecule has 0 bridgehead atoms. The Morgan fingerprint density at radius 2 is 1.56 bits per heavy atom. The first-order valence-corrected chi connectivity index (χ1v) is 10.1. The van der Waals surface area contributed by atoms with E-state index in [0.29, 0.717) is 40.7 Å². The average Bonchev–Trinajstić information content (AvgIpc) is 2.83. The lowest BCUT2D eigenvalue weighted by atomic mass is 9.96. The molecule has 3 rings (SSSR count). The first kappa shape index (κ1) is 23.0. The Hall–Kier alpha value is -3.64. The molecule has 0 saturated heterocycles. The smallest absolute Gasteiger partial charge is 0.170 e. The number of hydrogen-bond donors (Lipinski definition) is 2. The Balaban J connectivity index is 2.07. The Bertz CT molecular complexity index is 1090. The van der Waals surface area contributed by atoms with Crippen molar-refractivity contribution in [3.63, 3.8) is 0 Å². The van der Waals surface area contributed by atoms with E-state index < -0.39 is 0 Å². The van der Waals surface area contributed by atoms with Crippen molar-refractivity contribution in [2.75, 3.05) is 34.5 Å². The number of hydrogen-bond acceptors (Lipinski definition) is 6. The molecule has 0 heterocycles. The molecule has 32 heavy (non-hydrogen) atoms. The third-order valence-corrected chi connectivity index (χ3v) is 5.10. The Labute approximate surface area is 188 Å². The van der Waals surface area contributed by atoms with Gasteiger partial charge in [0, 0.05) is 5.56 Å². The molecule has 6 heteroatoms. The number of phenolic OH excluding ortho intramolecular Hbond substituents is 1. The van der Waals surface area contributed by atoms with Crippen LogP contribution in [0.2, 0.25) is 0 Å². The highest BCUT2D eigenvalue weighted by Crippen LogP contribution is 2.50. The molecule has 3 aromatic carbocycles. The van der Waals surface area contributed by atoms with Crippen molar-refractivity contribution < 1.29 is 29.2 Å². The molecule has 0 aromatic heterocycles. The Kier molecular flexibility index (Phi) is 7.63. The van der Waals surface area contributed by atoms with Gasteiger partial charge in [0.25, 0.3) is 0 Å². The predicted molar refractivity (Wildman–Crippen MR) is 125 cm³/mol. The highest BCUT2D eigenvalue weighted by Gasteiger charge is 2.22. The van der Waals surface area contributed by atoms with Crippen molar-refractivity contribution in [3.05, 3.63) is 66.2 Å². The summed E-state index contributed by atoms with van der Waals surface area (Å²) in [4.78, 5) is 0. The molecule has 0 spiro atoms. The number of ether oxygens (including phenoxy) is 4. The van der Waals surface area contributed by atoms with E-state index in [0.717, 1.165) is 16.7 Å². The highest BCUT2D eigenvalue weighted by molar-refractivity contribution is 5.88. The van der Waals surface area contributed by atoms with Gasteiger partial charge in [0.05, 0.1) is 33.5 Å². The van der Waals surface area contributed by atoms with E-state index in [1.54, 1.807) is 32.4 Å². The van der Waals surface area contributed by atoms with Crippen molar-refractivity contribution in [1.29, 1.82) is 0 Å².